The summed E-state index contributed by atoms with van der Waals surface area (Å²) in [5.41, 5.74) is 10.6. The van der Waals surface area contributed by atoms with E-state index in [0.717, 1.165) is 6.42 Å². The maximum Gasteiger partial charge on any atom is 0.322 e. The number of hydrogen-bond donors (Lipinski definition) is 2. The Hall–Kier alpha value is -0.610. The highest BCUT2D eigenvalue weighted by molar-refractivity contribution is 5.75. The standard InChI is InChI=1S/C6H14N2O2/c1-10-6(9)5(8)3-2-4-7/h5H,2-4,7-8H2,1H3/t5-/m1/s1. The minimum Gasteiger partial charge on any atom is -0.468 e. The fourth-order valence-corrected chi connectivity index (χ4v) is 0.607. The summed E-state index contributed by atoms with van der Waals surface area (Å²) >= 11 is 0. The van der Waals surface area contributed by atoms with Gasteiger partial charge in [-0.1, -0.05) is 0 Å². The summed E-state index contributed by atoms with van der Waals surface area (Å²) < 4.78 is 4.40. The molecule has 0 aromatic rings. The largest absolute Gasteiger partial charge is 0.468 e. The lowest BCUT2D eigenvalue weighted by molar-refractivity contribution is -0.142. The first kappa shape index (κ1) is 9.39. The van der Waals surface area contributed by atoms with E-state index >= 15 is 0 Å². The molecular weight excluding hydrogens is 132 g/mol. The van der Waals surface area contributed by atoms with E-state index in [0.29, 0.717) is 13.0 Å². The quantitative estimate of drug-likeness (QED) is 0.510. The van der Waals surface area contributed by atoms with Crippen LogP contribution >= 0.6 is 0 Å². The van der Waals surface area contributed by atoms with Crippen molar-refractivity contribution >= 4 is 5.97 Å². The molecule has 4 nitrogen and oxygen atoms in total. The van der Waals surface area contributed by atoms with Crippen LogP contribution in [0.2, 0.25) is 0 Å². The second-order valence-electron chi connectivity index (χ2n) is 2.06. The Bertz CT molecular complexity index is 106. The second kappa shape index (κ2) is 5.20. The third-order valence-corrected chi connectivity index (χ3v) is 1.22. The zero-order valence-corrected chi connectivity index (χ0v) is 6.17. The molecule has 0 radical (unpaired) electrons. The van der Waals surface area contributed by atoms with Crippen LogP contribution in [0.5, 0.6) is 0 Å². The molecule has 0 spiro atoms. The van der Waals surface area contributed by atoms with Crippen molar-refractivity contribution in [2.75, 3.05) is 13.7 Å². The van der Waals surface area contributed by atoms with E-state index in [4.69, 9.17) is 11.5 Å². The SMILES string of the molecule is COC(=O)[C@H](N)CCCN. The zero-order chi connectivity index (χ0) is 7.98. The molecule has 10 heavy (non-hydrogen) atoms. The van der Waals surface area contributed by atoms with Crippen LogP contribution in [0.3, 0.4) is 0 Å². The van der Waals surface area contributed by atoms with E-state index < -0.39 is 6.04 Å². The summed E-state index contributed by atoms with van der Waals surface area (Å²) in [6.07, 6.45) is 1.36. The van der Waals surface area contributed by atoms with Gasteiger partial charge >= 0.3 is 5.97 Å². The average Bonchev–Trinajstić information content (AvgIpc) is 1.98. The van der Waals surface area contributed by atoms with Crippen molar-refractivity contribution in [3.8, 4) is 0 Å². The molecule has 4 heteroatoms. The molecule has 0 heterocycles. The van der Waals surface area contributed by atoms with Crippen LogP contribution in [-0.2, 0) is 9.53 Å². The number of hydrogen-bond acceptors (Lipinski definition) is 4. The van der Waals surface area contributed by atoms with Crippen molar-refractivity contribution in [3.05, 3.63) is 0 Å². The molecule has 0 amide bonds. The third kappa shape index (κ3) is 3.42. The van der Waals surface area contributed by atoms with E-state index in [1.807, 2.05) is 0 Å². The normalized spacial score (nSPS) is 12.7. The molecule has 0 aromatic carbocycles. The van der Waals surface area contributed by atoms with Crippen LogP contribution in [0, 0.1) is 0 Å². The number of methoxy groups -OCH3 is 1. The van der Waals surface area contributed by atoms with Gasteiger partial charge in [0.15, 0.2) is 0 Å². The monoisotopic (exact) mass is 146 g/mol. The Labute approximate surface area is 60.5 Å². The molecule has 0 saturated carbocycles. The number of ether oxygens (including phenoxy) is 1. The van der Waals surface area contributed by atoms with Gasteiger partial charge in [0.1, 0.15) is 6.04 Å². The van der Waals surface area contributed by atoms with E-state index in [9.17, 15) is 4.79 Å². The van der Waals surface area contributed by atoms with Gasteiger partial charge in [0.2, 0.25) is 0 Å². The number of carbonyl (C=O) groups is 1. The van der Waals surface area contributed by atoms with E-state index in [2.05, 4.69) is 4.74 Å². The smallest absolute Gasteiger partial charge is 0.322 e. The maximum atomic E-state index is 10.6. The minimum atomic E-state index is -0.506. The highest BCUT2D eigenvalue weighted by Gasteiger charge is 2.11. The first-order valence-corrected chi connectivity index (χ1v) is 3.26. The van der Waals surface area contributed by atoms with Crippen molar-refractivity contribution in [3.63, 3.8) is 0 Å². The lowest BCUT2D eigenvalue weighted by Gasteiger charge is -2.06. The Kier molecular flexibility index (Phi) is 4.88. The highest BCUT2D eigenvalue weighted by Crippen LogP contribution is 1.93. The summed E-state index contributed by atoms with van der Waals surface area (Å²) in [5.74, 6) is -0.367. The van der Waals surface area contributed by atoms with E-state index in [1.165, 1.54) is 7.11 Å². The average molecular weight is 146 g/mol. The first-order chi connectivity index (χ1) is 4.72. The molecular formula is C6H14N2O2. The Balaban J connectivity index is 3.41. The van der Waals surface area contributed by atoms with Crippen LogP contribution in [0.25, 0.3) is 0 Å². The molecule has 4 N–H and O–H groups in total. The zero-order valence-electron chi connectivity index (χ0n) is 6.17. The Morgan fingerprint density at radius 1 is 1.70 bits per heavy atom. The van der Waals surface area contributed by atoms with Gasteiger partial charge in [-0.2, -0.15) is 0 Å². The van der Waals surface area contributed by atoms with Crippen LogP contribution < -0.4 is 11.5 Å². The van der Waals surface area contributed by atoms with Crippen molar-refractivity contribution < 1.29 is 9.53 Å². The molecule has 0 aromatic heterocycles. The van der Waals surface area contributed by atoms with Crippen LogP contribution in [0.4, 0.5) is 0 Å². The van der Waals surface area contributed by atoms with Gasteiger partial charge in [0, 0.05) is 0 Å². The van der Waals surface area contributed by atoms with Crippen molar-refractivity contribution in [2.45, 2.75) is 18.9 Å². The summed E-state index contributed by atoms with van der Waals surface area (Å²) in [4.78, 5) is 10.6. The molecule has 0 saturated heterocycles. The second-order valence-corrected chi connectivity index (χ2v) is 2.06. The topological polar surface area (TPSA) is 78.3 Å². The molecule has 0 unspecified atom stereocenters. The number of nitrogens with two attached hydrogens (primary N) is 2. The Morgan fingerprint density at radius 3 is 2.70 bits per heavy atom. The first-order valence-electron chi connectivity index (χ1n) is 3.26. The molecule has 1 atom stereocenters. The van der Waals surface area contributed by atoms with Gasteiger partial charge in [0.25, 0.3) is 0 Å². The molecule has 0 aliphatic carbocycles. The van der Waals surface area contributed by atoms with Crippen LogP contribution in [0.15, 0.2) is 0 Å². The predicted octanol–water partition coefficient (Wildman–Crippen LogP) is -0.774. The molecule has 0 bridgehead atoms. The number of carbonyl (C=O) groups excluding carboxylic acids is 1. The molecule has 0 rings (SSSR count). The minimum absolute atomic E-state index is 0.367. The molecule has 0 fully saturated rings. The third-order valence-electron chi connectivity index (χ3n) is 1.22. The molecule has 0 aliphatic heterocycles. The summed E-state index contributed by atoms with van der Waals surface area (Å²) in [6.45, 7) is 0.560. The highest BCUT2D eigenvalue weighted by atomic mass is 16.5. The fourth-order valence-electron chi connectivity index (χ4n) is 0.607. The van der Waals surface area contributed by atoms with Gasteiger partial charge < -0.3 is 16.2 Å². The number of rotatable bonds is 4. The van der Waals surface area contributed by atoms with Gasteiger partial charge in [-0.05, 0) is 19.4 Å². The molecule has 0 aliphatic rings. The lowest BCUT2D eigenvalue weighted by Crippen LogP contribution is -2.31. The summed E-state index contributed by atoms with van der Waals surface area (Å²) in [5, 5.41) is 0. The maximum absolute atomic E-state index is 10.6. The van der Waals surface area contributed by atoms with Crippen LogP contribution in [-0.4, -0.2) is 25.7 Å². The van der Waals surface area contributed by atoms with Crippen molar-refractivity contribution in [1.82, 2.24) is 0 Å². The van der Waals surface area contributed by atoms with Gasteiger partial charge in [0.05, 0.1) is 7.11 Å². The van der Waals surface area contributed by atoms with Gasteiger partial charge in [-0.3, -0.25) is 4.79 Å². The summed E-state index contributed by atoms with van der Waals surface area (Å²) in [6, 6.07) is -0.506. The van der Waals surface area contributed by atoms with E-state index in [1.54, 1.807) is 0 Å². The molecule has 60 valence electrons. The van der Waals surface area contributed by atoms with Gasteiger partial charge in [-0.25, -0.2) is 0 Å². The number of esters is 1. The van der Waals surface area contributed by atoms with Crippen molar-refractivity contribution in [1.29, 1.82) is 0 Å². The van der Waals surface area contributed by atoms with Gasteiger partial charge in [-0.15, -0.1) is 0 Å². The lowest BCUT2D eigenvalue weighted by atomic mass is 10.2. The fraction of sp³-hybridized carbons (Fsp3) is 0.833. The Morgan fingerprint density at radius 2 is 2.30 bits per heavy atom. The predicted molar refractivity (Wildman–Crippen MR) is 38.3 cm³/mol. The van der Waals surface area contributed by atoms with Crippen LogP contribution in [0.1, 0.15) is 12.8 Å². The van der Waals surface area contributed by atoms with E-state index in [-0.39, 0.29) is 5.97 Å². The van der Waals surface area contributed by atoms with Crippen molar-refractivity contribution in [2.24, 2.45) is 11.5 Å². The summed E-state index contributed by atoms with van der Waals surface area (Å²) in [7, 11) is 1.32.